The number of alkyl halides is 2. The standard InChI is InChI=1S/C36H39Cl2N7O3/c1-44(2)19-16-39-35(47)31-8-5-7-30-33(29-6-3-4-9-32(29)43-34(30)31)40-26-20-24(23-46)21-27(22-26)42-36(48)41-25-10-12-28(13-11-25)45(17-14-37)18-15-38/h3-13,20-22,46H,14-19,23H2,1-2H3,(H,39,47)(H,40,43)(H2,41,42,48). The van der Waals surface area contributed by atoms with Crippen LogP contribution in [0.3, 0.4) is 0 Å². The normalized spacial score (nSPS) is 11.1. The van der Waals surface area contributed by atoms with Crippen molar-refractivity contribution < 1.29 is 14.7 Å². The first-order chi connectivity index (χ1) is 23.3. The van der Waals surface area contributed by atoms with Gasteiger partial charge in [0.15, 0.2) is 0 Å². The van der Waals surface area contributed by atoms with Gasteiger partial charge in [0.25, 0.3) is 5.91 Å². The van der Waals surface area contributed by atoms with E-state index in [1.165, 1.54) is 0 Å². The molecule has 0 saturated heterocycles. The van der Waals surface area contributed by atoms with Crippen LogP contribution in [0, 0.1) is 0 Å². The number of carbonyl (C=O) groups excluding carboxylic acids is 2. The van der Waals surface area contributed by atoms with Crippen molar-refractivity contribution in [1.29, 1.82) is 0 Å². The molecule has 0 fully saturated rings. The van der Waals surface area contributed by atoms with Gasteiger partial charge in [-0.25, -0.2) is 9.78 Å². The van der Waals surface area contributed by atoms with Crippen LogP contribution in [0.5, 0.6) is 0 Å². The maximum atomic E-state index is 13.2. The van der Waals surface area contributed by atoms with Crippen LogP contribution in [0.15, 0.2) is 84.9 Å². The molecule has 0 aliphatic heterocycles. The Morgan fingerprint density at radius 2 is 1.48 bits per heavy atom. The molecule has 5 N–H and O–H groups in total. The molecule has 0 bridgehead atoms. The topological polar surface area (TPSA) is 122 Å². The summed E-state index contributed by atoms with van der Waals surface area (Å²) in [7, 11) is 3.91. The number of para-hydroxylation sites is 2. The molecule has 0 saturated carbocycles. The molecular formula is C36H39Cl2N7O3. The molecule has 250 valence electrons. The smallest absolute Gasteiger partial charge is 0.323 e. The maximum Gasteiger partial charge on any atom is 0.323 e. The molecule has 12 heteroatoms. The third-order valence-electron chi connectivity index (χ3n) is 7.70. The minimum Gasteiger partial charge on any atom is -0.392 e. The Balaban J connectivity index is 1.40. The molecule has 0 aliphatic carbocycles. The fraction of sp³-hybridized carbons (Fsp3) is 0.250. The summed E-state index contributed by atoms with van der Waals surface area (Å²) in [5.74, 6) is 0.756. The Morgan fingerprint density at radius 1 is 0.792 bits per heavy atom. The third-order valence-corrected chi connectivity index (χ3v) is 8.04. The van der Waals surface area contributed by atoms with Gasteiger partial charge >= 0.3 is 6.03 Å². The van der Waals surface area contributed by atoms with Gasteiger partial charge in [-0.05, 0) is 74.3 Å². The first-order valence-corrected chi connectivity index (χ1v) is 16.7. The number of aliphatic hydroxyl groups is 1. The third kappa shape index (κ3) is 8.64. The van der Waals surface area contributed by atoms with Gasteiger partial charge in [0.2, 0.25) is 0 Å². The fourth-order valence-corrected chi connectivity index (χ4v) is 5.82. The van der Waals surface area contributed by atoms with E-state index in [4.69, 9.17) is 28.2 Å². The summed E-state index contributed by atoms with van der Waals surface area (Å²) in [6, 6.07) is 25.6. The lowest BCUT2D eigenvalue weighted by Crippen LogP contribution is -2.31. The van der Waals surface area contributed by atoms with Crippen molar-refractivity contribution in [2.45, 2.75) is 6.61 Å². The SMILES string of the molecule is CN(C)CCNC(=O)c1cccc2c(Nc3cc(CO)cc(NC(=O)Nc4ccc(N(CCCl)CCCl)cc4)c3)c3ccccc3nc12. The number of nitrogens with zero attached hydrogens (tertiary/aromatic N) is 3. The number of amides is 3. The molecule has 0 unspecified atom stereocenters. The highest BCUT2D eigenvalue weighted by atomic mass is 35.5. The number of hydrogen-bond donors (Lipinski definition) is 5. The molecule has 48 heavy (non-hydrogen) atoms. The van der Waals surface area contributed by atoms with Crippen LogP contribution >= 0.6 is 23.2 Å². The summed E-state index contributed by atoms with van der Waals surface area (Å²) >= 11 is 11.9. The number of urea groups is 1. The second kappa shape index (κ2) is 16.5. The summed E-state index contributed by atoms with van der Waals surface area (Å²) in [6.45, 7) is 2.31. The number of carbonyl (C=O) groups is 2. The predicted octanol–water partition coefficient (Wildman–Crippen LogP) is 6.84. The highest BCUT2D eigenvalue weighted by Crippen LogP contribution is 2.35. The van der Waals surface area contributed by atoms with Crippen molar-refractivity contribution in [3.8, 4) is 0 Å². The van der Waals surface area contributed by atoms with Crippen LogP contribution in [0.25, 0.3) is 21.8 Å². The molecule has 10 nitrogen and oxygen atoms in total. The molecule has 3 amide bonds. The number of rotatable bonds is 14. The van der Waals surface area contributed by atoms with Gasteiger partial charge in [-0.1, -0.05) is 30.3 Å². The maximum absolute atomic E-state index is 13.2. The highest BCUT2D eigenvalue weighted by molar-refractivity contribution is 6.18. The van der Waals surface area contributed by atoms with Gasteiger partial charge < -0.3 is 36.2 Å². The highest BCUT2D eigenvalue weighted by Gasteiger charge is 2.17. The number of nitrogens with one attached hydrogen (secondary N) is 4. The zero-order chi connectivity index (χ0) is 34.0. The first-order valence-electron chi connectivity index (χ1n) is 15.6. The number of aromatic nitrogens is 1. The van der Waals surface area contributed by atoms with Crippen molar-refractivity contribution >= 4 is 85.4 Å². The monoisotopic (exact) mass is 687 g/mol. The summed E-state index contributed by atoms with van der Waals surface area (Å²) in [6.07, 6.45) is 0. The lowest BCUT2D eigenvalue weighted by molar-refractivity contribution is 0.0952. The predicted molar refractivity (Wildman–Crippen MR) is 199 cm³/mol. The minimum atomic E-state index is -0.438. The van der Waals surface area contributed by atoms with Gasteiger partial charge in [-0.2, -0.15) is 0 Å². The Hall–Kier alpha value is -4.61. The Morgan fingerprint density at radius 3 is 2.19 bits per heavy atom. The number of halogens is 2. The van der Waals surface area contributed by atoms with Crippen LogP contribution in [-0.4, -0.2) is 79.0 Å². The zero-order valence-electron chi connectivity index (χ0n) is 26.9. The largest absolute Gasteiger partial charge is 0.392 e. The van der Waals surface area contributed by atoms with E-state index >= 15 is 0 Å². The summed E-state index contributed by atoms with van der Waals surface area (Å²) in [4.78, 5) is 35.2. The molecule has 4 aromatic carbocycles. The number of hydrogen-bond acceptors (Lipinski definition) is 7. The lowest BCUT2D eigenvalue weighted by Gasteiger charge is -2.23. The Bertz CT molecular complexity index is 1880. The number of pyridine rings is 1. The van der Waals surface area contributed by atoms with Gasteiger partial charge in [0.1, 0.15) is 0 Å². The molecule has 0 radical (unpaired) electrons. The first kappa shape index (κ1) is 34.7. The second-order valence-corrected chi connectivity index (χ2v) is 12.2. The van der Waals surface area contributed by atoms with Gasteiger partial charge in [-0.15, -0.1) is 23.2 Å². The average Bonchev–Trinajstić information content (AvgIpc) is 3.07. The van der Waals surface area contributed by atoms with E-state index in [-0.39, 0.29) is 12.5 Å². The number of aliphatic hydroxyl groups excluding tert-OH is 1. The summed E-state index contributed by atoms with van der Waals surface area (Å²) in [5, 5.41) is 23.9. The Labute approximate surface area is 290 Å². The van der Waals surface area contributed by atoms with Crippen LogP contribution < -0.4 is 26.2 Å². The van der Waals surface area contributed by atoms with E-state index in [9.17, 15) is 14.7 Å². The van der Waals surface area contributed by atoms with Crippen molar-refractivity contribution in [1.82, 2.24) is 15.2 Å². The Kier molecular flexibility index (Phi) is 11.9. The second-order valence-electron chi connectivity index (χ2n) is 11.5. The minimum absolute atomic E-state index is 0.201. The number of benzene rings is 4. The van der Waals surface area contributed by atoms with Crippen LogP contribution in [0.4, 0.5) is 33.2 Å². The fourth-order valence-electron chi connectivity index (χ4n) is 5.41. The molecule has 0 spiro atoms. The van der Waals surface area contributed by atoms with Crippen LogP contribution in [0.1, 0.15) is 15.9 Å². The van der Waals surface area contributed by atoms with Crippen molar-refractivity contribution in [2.24, 2.45) is 0 Å². The molecule has 1 heterocycles. The van der Waals surface area contributed by atoms with Crippen LogP contribution in [0.2, 0.25) is 0 Å². The van der Waals surface area contributed by atoms with Crippen LogP contribution in [-0.2, 0) is 6.61 Å². The van der Waals surface area contributed by atoms with Gasteiger partial charge in [0, 0.05) is 71.5 Å². The molecule has 1 aromatic heterocycles. The van der Waals surface area contributed by atoms with E-state index in [0.29, 0.717) is 71.6 Å². The quantitative estimate of drug-likeness (QED) is 0.0640. The van der Waals surface area contributed by atoms with E-state index < -0.39 is 6.03 Å². The summed E-state index contributed by atoms with van der Waals surface area (Å²) in [5.41, 5.74) is 5.80. The molecular weight excluding hydrogens is 649 g/mol. The lowest BCUT2D eigenvalue weighted by atomic mass is 10.0. The van der Waals surface area contributed by atoms with E-state index in [2.05, 4.69) is 26.2 Å². The number of fused-ring (bicyclic) bond motifs is 2. The summed E-state index contributed by atoms with van der Waals surface area (Å²) < 4.78 is 0. The molecule has 0 aliphatic rings. The molecule has 0 atom stereocenters. The van der Waals surface area contributed by atoms with Crippen molar-refractivity contribution in [2.75, 3.05) is 72.9 Å². The zero-order valence-corrected chi connectivity index (χ0v) is 28.4. The van der Waals surface area contributed by atoms with E-state index in [1.54, 1.807) is 18.2 Å². The average molecular weight is 689 g/mol. The van der Waals surface area contributed by atoms with Crippen molar-refractivity contribution in [3.05, 3.63) is 96.1 Å². The van der Waals surface area contributed by atoms with Crippen molar-refractivity contribution in [3.63, 3.8) is 0 Å². The van der Waals surface area contributed by atoms with E-state index in [0.717, 1.165) is 27.7 Å². The van der Waals surface area contributed by atoms with E-state index in [1.807, 2.05) is 85.7 Å². The van der Waals surface area contributed by atoms with Gasteiger partial charge in [0.05, 0.1) is 28.9 Å². The van der Waals surface area contributed by atoms with Gasteiger partial charge in [-0.3, -0.25) is 4.79 Å². The number of likely N-dealkylation sites (N-methyl/N-ethyl adjacent to an activating group) is 1. The molecule has 5 aromatic rings. The molecule has 5 rings (SSSR count). The number of anilines is 5.